The van der Waals surface area contributed by atoms with Crippen molar-refractivity contribution in [3.63, 3.8) is 0 Å². The van der Waals surface area contributed by atoms with E-state index in [1.165, 1.54) is 25.0 Å². The summed E-state index contributed by atoms with van der Waals surface area (Å²) < 4.78 is 13.1. The van der Waals surface area contributed by atoms with Gasteiger partial charge in [-0.05, 0) is 68.6 Å². The normalized spacial score (nSPS) is 20.5. The number of benzene rings is 1. The second-order valence-corrected chi connectivity index (χ2v) is 8.02. The maximum Gasteiger partial charge on any atom is 0.236 e. The Morgan fingerprint density at radius 3 is 2.61 bits per heavy atom. The highest BCUT2D eigenvalue weighted by Gasteiger charge is 2.27. The van der Waals surface area contributed by atoms with E-state index in [2.05, 4.69) is 11.0 Å². The van der Waals surface area contributed by atoms with Crippen LogP contribution in [0.15, 0.2) is 42.5 Å². The zero-order valence-corrected chi connectivity index (χ0v) is 16.3. The molecule has 148 valence electrons. The van der Waals surface area contributed by atoms with Crippen molar-refractivity contribution in [3.8, 4) is 0 Å². The maximum absolute atomic E-state index is 13.1. The van der Waals surface area contributed by atoms with Gasteiger partial charge >= 0.3 is 0 Å². The third-order valence-electron chi connectivity index (χ3n) is 5.88. The van der Waals surface area contributed by atoms with Crippen LogP contribution < -0.4 is 0 Å². The Morgan fingerprint density at radius 2 is 1.82 bits per heavy atom. The van der Waals surface area contributed by atoms with Gasteiger partial charge in [-0.1, -0.05) is 18.2 Å². The molecule has 1 atom stereocenters. The molecule has 2 aromatic rings. The van der Waals surface area contributed by atoms with Crippen LogP contribution in [0.25, 0.3) is 0 Å². The van der Waals surface area contributed by atoms with Crippen LogP contribution in [0.2, 0.25) is 0 Å². The minimum absolute atomic E-state index is 0.216. The van der Waals surface area contributed by atoms with E-state index < -0.39 is 0 Å². The van der Waals surface area contributed by atoms with Crippen molar-refractivity contribution >= 4 is 5.91 Å². The summed E-state index contributed by atoms with van der Waals surface area (Å²) in [5.41, 5.74) is 3.11. The summed E-state index contributed by atoms with van der Waals surface area (Å²) >= 11 is 0. The molecular weight excluding hydrogens is 353 g/mol. The predicted octanol–water partition coefficient (Wildman–Crippen LogP) is 3.61. The quantitative estimate of drug-likeness (QED) is 0.794. The van der Waals surface area contributed by atoms with Crippen molar-refractivity contribution in [1.29, 1.82) is 0 Å². The summed E-state index contributed by atoms with van der Waals surface area (Å²) in [5.74, 6) is 0.338. The molecule has 0 saturated carbocycles. The van der Waals surface area contributed by atoms with Crippen molar-refractivity contribution in [1.82, 2.24) is 14.8 Å². The van der Waals surface area contributed by atoms with Gasteiger partial charge in [0, 0.05) is 36.8 Å². The Hall–Kier alpha value is -2.27. The van der Waals surface area contributed by atoms with Gasteiger partial charge in [-0.3, -0.25) is 14.7 Å². The second kappa shape index (κ2) is 8.82. The van der Waals surface area contributed by atoms with Crippen molar-refractivity contribution in [2.75, 3.05) is 32.7 Å². The number of aromatic nitrogens is 1. The van der Waals surface area contributed by atoms with Crippen LogP contribution in [0.4, 0.5) is 4.39 Å². The number of pyridine rings is 1. The summed E-state index contributed by atoms with van der Waals surface area (Å²) in [7, 11) is 0. The molecule has 1 aromatic heterocycles. The topological polar surface area (TPSA) is 36.4 Å². The van der Waals surface area contributed by atoms with Gasteiger partial charge in [-0.2, -0.15) is 0 Å². The minimum atomic E-state index is -0.216. The predicted molar refractivity (Wildman–Crippen MR) is 108 cm³/mol. The Kier molecular flexibility index (Phi) is 6.01. The first-order valence-corrected chi connectivity index (χ1v) is 10.4. The number of hydrogen-bond acceptors (Lipinski definition) is 3. The molecule has 5 heteroatoms. The van der Waals surface area contributed by atoms with Crippen molar-refractivity contribution in [2.45, 2.75) is 38.0 Å². The van der Waals surface area contributed by atoms with Crippen LogP contribution in [-0.2, 0) is 11.2 Å². The van der Waals surface area contributed by atoms with Gasteiger partial charge in [0.2, 0.25) is 5.91 Å². The lowest BCUT2D eigenvalue weighted by Crippen LogP contribution is -2.44. The van der Waals surface area contributed by atoms with Crippen LogP contribution in [0.5, 0.6) is 0 Å². The molecule has 1 aromatic carbocycles. The highest BCUT2D eigenvalue weighted by Crippen LogP contribution is 2.26. The molecule has 4 nitrogen and oxygen atoms in total. The number of halogens is 1. The van der Waals surface area contributed by atoms with Crippen LogP contribution in [0.1, 0.15) is 48.6 Å². The van der Waals surface area contributed by atoms with Gasteiger partial charge in [0.25, 0.3) is 0 Å². The smallest absolute Gasteiger partial charge is 0.236 e. The van der Waals surface area contributed by atoms with Gasteiger partial charge in [-0.15, -0.1) is 0 Å². The number of carbonyl (C=O) groups is 1. The molecule has 2 saturated heterocycles. The first kappa shape index (κ1) is 19.1. The van der Waals surface area contributed by atoms with Gasteiger partial charge in [0.1, 0.15) is 5.82 Å². The molecule has 0 aliphatic carbocycles. The van der Waals surface area contributed by atoms with E-state index >= 15 is 0 Å². The molecule has 1 amide bonds. The average molecular weight is 381 g/mol. The fourth-order valence-corrected chi connectivity index (χ4v) is 4.31. The maximum atomic E-state index is 13.1. The van der Waals surface area contributed by atoms with E-state index in [4.69, 9.17) is 4.98 Å². The highest BCUT2D eigenvalue weighted by atomic mass is 19.1. The van der Waals surface area contributed by atoms with Crippen molar-refractivity contribution in [2.24, 2.45) is 0 Å². The third-order valence-corrected chi connectivity index (χ3v) is 5.88. The summed E-state index contributed by atoms with van der Waals surface area (Å²) in [6.07, 6.45) is 5.21. The number of hydrogen-bond donors (Lipinski definition) is 0. The molecule has 28 heavy (non-hydrogen) atoms. The molecule has 0 spiro atoms. The first-order valence-electron chi connectivity index (χ1n) is 10.4. The van der Waals surface area contributed by atoms with E-state index in [0.717, 1.165) is 56.0 Å². The molecular formula is C23H28FN3O. The summed E-state index contributed by atoms with van der Waals surface area (Å²) in [5, 5.41) is 0. The number of carbonyl (C=O) groups excluding carboxylic acids is 1. The zero-order chi connectivity index (χ0) is 19.3. The van der Waals surface area contributed by atoms with Crippen molar-refractivity contribution < 1.29 is 9.18 Å². The van der Waals surface area contributed by atoms with Gasteiger partial charge in [-0.25, -0.2) is 4.39 Å². The van der Waals surface area contributed by atoms with E-state index in [1.807, 2.05) is 29.2 Å². The van der Waals surface area contributed by atoms with Gasteiger partial charge < -0.3 is 4.90 Å². The zero-order valence-electron chi connectivity index (χ0n) is 16.3. The summed E-state index contributed by atoms with van der Waals surface area (Å²) in [6, 6.07) is 12.7. The fraction of sp³-hybridized carbons (Fsp3) is 0.478. The molecule has 3 heterocycles. The monoisotopic (exact) mass is 381 g/mol. The Morgan fingerprint density at radius 1 is 1.04 bits per heavy atom. The van der Waals surface area contributed by atoms with Crippen LogP contribution in [0, 0.1) is 5.82 Å². The molecule has 2 fully saturated rings. The van der Waals surface area contributed by atoms with Crippen LogP contribution >= 0.6 is 0 Å². The van der Waals surface area contributed by atoms with Crippen molar-refractivity contribution in [3.05, 3.63) is 65.2 Å². The molecule has 0 bridgehead atoms. The van der Waals surface area contributed by atoms with E-state index in [9.17, 15) is 9.18 Å². The number of likely N-dealkylation sites (tertiary alicyclic amines) is 2. The molecule has 0 radical (unpaired) electrons. The summed E-state index contributed by atoms with van der Waals surface area (Å²) in [6.45, 7) is 4.29. The van der Waals surface area contributed by atoms with E-state index in [0.29, 0.717) is 18.9 Å². The number of nitrogens with zero attached hydrogens (tertiary/aromatic N) is 3. The van der Waals surface area contributed by atoms with E-state index in [-0.39, 0.29) is 11.7 Å². The third kappa shape index (κ3) is 4.76. The Labute approximate surface area is 166 Å². The standard InChI is InChI=1S/C23H28FN3O/c24-20-10-8-18(9-11-20)15-21-6-3-7-22(25-21)19-5-4-14-27(16-19)23(28)17-26-12-1-2-13-26/h3,6-11,19H,1-2,4-5,12-17H2/t19-/m0/s1. The SMILES string of the molecule is O=C(CN1CCCC1)N1CCC[C@H](c2cccc(Cc3ccc(F)cc3)n2)C1. The Bertz CT molecular complexity index is 802. The largest absolute Gasteiger partial charge is 0.341 e. The lowest BCUT2D eigenvalue weighted by atomic mass is 9.93. The molecule has 0 N–H and O–H groups in total. The minimum Gasteiger partial charge on any atom is -0.341 e. The molecule has 0 unspecified atom stereocenters. The number of rotatable bonds is 5. The lowest BCUT2D eigenvalue weighted by molar-refractivity contribution is -0.133. The van der Waals surface area contributed by atoms with Crippen LogP contribution in [-0.4, -0.2) is 53.4 Å². The van der Waals surface area contributed by atoms with Crippen LogP contribution in [0.3, 0.4) is 0 Å². The molecule has 4 rings (SSSR count). The van der Waals surface area contributed by atoms with Gasteiger partial charge in [0.05, 0.1) is 6.54 Å². The molecule has 2 aliphatic heterocycles. The molecule has 2 aliphatic rings. The van der Waals surface area contributed by atoms with E-state index in [1.54, 1.807) is 0 Å². The number of amides is 1. The van der Waals surface area contributed by atoms with Gasteiger partial charge in [0.15, 0.2) is 0 Å². The lowest BCUT2D eigenvalue weighted by Gasteiger charge is -2.33. The fourth-order valence-electron chi connectivity index (χ4n) is 4.31. The first-order chi connectivity index (χ1) is 13.7. The number of piperidine rings is 1. The average Bonchev–Trinajstić information content (AvgIpc) is 3.23. The highest BCUT2D eigenvalue weighted by molar-refractivity contribution is 5.78. The second-order valence-electron chi connectivity index (χ2n) is 8.02. The Balaban J connectivity index is 1.40. The summed E-state index contributed by atoms with van der Waals surface area (Å²) in [4.78, 5) is 21.9.